The van der Waals surface area contributed by atoms with Crippen LogP contribution in [0.2, 0.25) is 0 Å². The van der Waals surface area contributed by atoms with Gasteiger partial charge in [-0.25, -0.2) is 4.98 Å². The average Bonchev–Trinajstić information content (AvgIpc) is 2.55. The Morgan fingerprint density at radius 1 is 0.800 bits per heavy atom. The molecule has 3 rings (SSSR count). The Morgan fingerprint density at radius 3 is 2.20 bits per heavy atom. The highest BCUT2D eigenvalue weighted by atomic mass is 15.1. The lowest BCUT2D eigenvalue weighted by Crippen LogP contribution is -2.14. The first-order valence-electron chi connectivity index (χ1n) is 8.46. The van der Waals surface area contributed by atoms with Crippen LogP contribution in [0.25, 0.3) is 0 Å². The zero-order valence-corrected chi connectivity index (χ0v) is 15.2. The molecular weight excluding hydrogens is 308 g/mol. The first kappa shape index (κ1) is 17.0. The van der Waals surface area contributed by atoms with Gasteiger partial charge in [0, 0.05) is 23.1 Å². The number of aromatic nitrogens is 2. The number of aryl methyl sites for hydroxylation is 1. The maximum atomic E-state index is 4.61. The number of anilines is 4. The van der Waals surface area contributed by atoms with Gasteiger partial charge in [0.2, 0.25) is 5.95 Å². The minimum Gasteiger partial charge on any atom is -0.340 e. The molecule has 0 unspecified atom stereocenters. The molecule has 2 N–H and O–H groups in total. The van der Waals surface area contributed by atoms with E-state index < -0.39 is 0 Å². The first-order chi connectivity index (χ1) is 11.9. The number of nitrogens with zero attached hydrogens (tertiary/aromatic N) is 2. The summed E-state index contributed by atoms with van der Waals surface area (Å²) in [7, 11) is 0. The predicted molar refractivity (Wildman–Crippen MR) is 105 cm³/mol. The Bertz CT molecular complexity index is 851. The number of benzene rings is 2. The third-order valence-electron chi connectivity index (χ3n) is 3.88. The van der Waals surface area contributed by atoms with Gasteiger partial charge in [-0.1, -0.05) is 57.2 Å². The van der Waals surface area contributed by atoms with Gasteiger partial charge in [0.1, 0.15) is 5.82 Å². The lowest BCUT2D eigenvalue weighted by molar-refractivity contribution is 0.592. The number of hydrogen-bond acceptors (Lipinski definition) is 4. The van der Waals surface area contributed by atoms with Crippen molar-refractivity contribution in [2.45, 2.75) is 33.1 Å². The molecule has 2 aromatic carbocycles. The van der Waals surface area contributed by atoms with E-state index in [1.165, 1.54) is 5.56 Å². The maximum Gasteiger partial charge on any atom is 0.229 e. The minimum atomic E-state index is 0.0402. The van der Waals surface area contributed by atoms with Crippen molar-refractivity contribution in [2.75, 3.05) is 10.6 Å². The summed E-state index contributed by atoms with van der Waals surface area (Å²) in [6.45, 7) is 8.58. The minimum absolute atomic E-state index is 0.0402. The summed E-state index contributed by atoms with van der Waals surface area (Å²) >= 11 is 0. The Morgan fingerprint density at radius 2 is 1.48 bits per heavy atom. The van der Waals surface area contributed by atoms with E-state index >= 15 is 0 Å². The van der Waals surface area contributed by atoms with E-state index in [9.17, 15) is 0 Å². The van der Waals surface area contributed by atoms with Crippen LogP contribution in [0.4, 0.5) is 23.1 Å². The Kier molecular flexibility index (Phi) is 4.70. The monoisotopic (exact) mass is 332 g/mol. The lowest BCUT2D eigenvalue weighted by Gasteiger charge is -2.23. The molecule has 4 heteroatoms. The van der Waals surface area contributed by atoms with Gasteiger partial charge in [-0.05, 0) is 36.1 Å². The molecular formula is C21H24N4. The maximum absolute atomic E-state index is 4.61. The van der Waals surface area contributed by atoms with Crippen molar-refractivity contribution in [3.63, 3.8) is 0 Å². The van der Waals surface area contributed by atoms with Crippen LogP contribution >= 0.6 is 0 Å². The van der Waals surface area contributed by atoms with Crippen LogP contribution in [-0.4, -0.2) is 9.97 Å². The second-order valence-electron chi connectivity index (χ2n) is 7.13. The predicted octanol–water partition coefficient (Wildman–Crippen LogP) is 5.57. The summed E-state index contributed by atoms with van der Waals surface area (Å²) in [5, 5.41) is 6.71. The van der Waals surface area contributed by atoms with Gasteiger partial charge in [-0.15, -0.1) is 0 Å². The van der Waals surface area contributed by atoms with Crippen molar-refractivity contribution in [1.29, 1.82) is 0 Å². The Balaban J connectivity index is 1.89. The number of nitrogens with one attached hydrogen (secondary N) is 2. The zero-order chi connectivity index (χ0) is 17.9. The van der Waals surface area contributed by atoms with E-state index in [1.54, 1.807) is 0 Å². The molecule has 0 aliphatic rings. The fourth-order valence-electron chi connectivity index (χ4n) is 2.72. The summed E-state index contributed by atoms with van der Waals surface area (Å²) in [6, 6.07) is 20.2. The molecule has 3 aromatic rings. The van der Waals surface area contributed by atoms with Gasteiger partial charge in [-0.3, -0.25) is 0 Å². The van der Waals surface area contributed by atoms with E-state index in [-0.39, 0.29) is 5.41 Å². The SMILES string of the molecule is Cc1cc(Nc2ccccc2)nc(Nc2ccccc2C(C)(C)C)n1. The second kappa shape index (κ2) is 6.93. The molecule has 0 spiro atoms. The zero-order valence-electron chi connectivity index (χ0n) is 15.2. The molecule has 1 aromatic heterocycles. The molecule has 0 fully saturated rings. The van der Waals surface area contributed by atoms with Crippen molar-refractivity contribution in [3.8, 4) is 0 Å². The van der Waals surface area contributed by atoms with Gasteiger partial charge < -0.3 is 10.6 Å². The smallest absolute Gasteiger partial charge is 0.229 e. The second-order valence-corrected chi connectivity index (χ2v) is 7.13. The summed E-state index contributed by atoms with van der Waals surface area (Å²) in [4.78, 5) is 9.15. The van der Waals surface area contributed by atoms with Crippen LogP contribution in [0.1, 0.15) is 32.0 Å². The summed E-state index contributed by atoms with van der Waals surface area (Å²) in [6.07, 6.45) is 0. The van der Waals surface area contributed by atoms with Gasteiger partial charge in [0.05, 0.1) is 0 Å². The highest BCUT2D eigenvalue weighted by Gasteiger charge is 2.18. The fourth-order valence-corrected chi connectivity index (χ4v) is 2.72. The molecule has 0 aliphatic carbocycles. The Hall–Kier alpha value is -2.88. The molecule has 25 heavy (non-hydrogen) atoms. The Labute approximate surface area is 149 Å². The van der Waals surface area contributed by atoms with Crippen LogP contribution in [0, 0.1) is 6.92 Å². The van der Waals surface area contributed by atoms with Crippen molar-refractivity contribution in [2.24, 2.45) is 0 Å². The summed E-state index contributed by atoms with van der Waals surface area (Å²) < 4.78 is 0. The molecule has 0 saturated heterocycles. The van der Waals surface area contributed by atoms with Gasteiger partial charge in [-0.2, -0.15) is 4.98 Å². The molecule has 4 nitrogen and oxygen atoms in total. The molecule has 0 aliphatic heterocycles. The topological polar surface area (TPSA) is 49.8 Å². The molecule has 0 amide bonds. The van der Waals surface area contributed by atoms with Gasteiger partial charge >= 0.3 is 0 Å². The molecule has 0 radical (unpaired) electrons. The van der Waals surface area contributed by atoms with Crippen molar-refractivity contribution in [3.05, 3.63) is 71.9 Å². The van der Waals surface area contributed by atoms with Crippen LogP contribution in [0.15, 0.2) is 60.7 Å². The number of hydrogen-bond donors (Lipinski definition) is 2. The van der Waals surface area contributed by atoms with Crippen LogP contribution in [-0.2, 0) is 5.41 Å². The highest BCUT2D eigenvalue weighted by molar-refractivity contribution is 5.63. The first-order valence-corrected chi connectivity index (χ1v) is 8.46. The van der Waals surface area contributed by atoms with E-state index in [1.807, 2.05) is 49.4 Å². The largest absolute Gasteiger partial charge is 0.340 e. The normalized spacial score (nSPS) is 11.2. The lowest BCUT2D eigenvalue weighted by atomic mass is 9.86. The quantitative estimate of drug-likeness (QED) is 0.656. The van der Waals surface area contributed by atoms with Gasteiger partial charge in [0.15, 0.2) is 0 Å². The molecule has 0 saturated carbocycles. The molecule has 1 heterocycles. The summed E-state index contributed by atoms with van der Waals surface area (Å²) in [5.74, 6) is 1.37. The van der Waals surface area contributed by atoms with Gasteiger partial charge in [0.25, 0.3) is 0 Å². The molecule has 0 bridgehead atoms. The molecule has 0 atom stereocenters. The van der Waals surface area contributed by atoms with Crippen molar-refractivity contribution < 1.29 is 0 Å². The molecule has 128 valence electrons. The standard InChI is InChI=1S/C21H24N4/c1-15-14-19(23-16-10-6-5-7-11-16)25-20(22-15)24-18-13-9-8-12-17(18)21(2,3)4/h5-14H,1-4H3,(H2,22,23,24,25). The highest BCUT2D eigenvalue weighted by Crippen LogP contribution is 2.30. The van der Waals surface area contributed by atoms with Crippen molar-refractivity contribution >= 4 is 23.1 Å². The van der Waals surface area contributed by atoms with E-state index in [0.717, 1.165) is 22.9 Å². The summed E-state index contributed by atoms with van der Waals surface area (Å²) in [5.41, 5.74) is 4.22. The van der Waals surface area contributed by atoms with E-state index in [4.69, 9.17) is 0 Å². The van der Waals surface area contributed by atoms with E-state index in [2.05, 4.69) is 59.6 Å². The fraction of sp³-hybridized carbons (Fsp3) is 0.238. The van der Waals surface area contributed by atoms with E-state index in [0.29, 0.717) is 5.95 Å². The number of para-hydroxylation sites is 2. The van der Waals surface area contributed by atoms with Crippen molar-refractivity contribution in [1.82, 2.24) is 9.97 Å². The average molecular weight is 332 g/mol. The van der Waals surface area contributed by atoms with Crippen LogP contribution in [0.3, 0.4) is 0 Å². The number of rotatable bonds is 4. The van der Waals surface area contributed by atoms with Crippen LogP contribution in [0.5, 0.6) is 0 Å². The van der Waals surface area contributed by atoms with Crippen LogP contribution < -0.4 is 10.6 Å². The third kappa shape index (κ3) is 4.35. The third-order valence-corrected chi connectivity index (χ3v) is 3.88.